The molecule has 2 fully saturated rings. The molecule has 2 aromatic heterocycles. The van der Waals surface area contributed by atoms with Gasteiger partial charge in [-0.1, -0.05) is 18.2 Å². The number of aromatic nitrogens is 3. The number of rotatable bonds is 3. The van der Waals surface area contributed by atoms with E-state index in [9.17, 15) is 4.79 Å². The average Bonchev–Trinajstić information content (AvgIpc) is 3.39. The molecule has 1 amide bonds. The highest BCUT2D eigenvalue weighted by molar-refractivity contribution is 5.94. The summed E-state index contributed by atoms with van der Waals surface area (Å²) >= 11 is 0. The van der Waals surface area contributed by atoms with E-state index in [4.69, 9.17) is 15.8 Å². The first-order chi connectivity index (χ1) is 14.6. The molecular formula is C23H28N6O. The molecule has 2 saturated heterocycles. The van der Waals surface area contributed by atoms with Crippen LogP contribution >= 0.6 is 0 Å². The third kappa shape index (κ3) is 3.43. The summed E-state index contributed by atoms with van der Waals surface area (Å²) in [7, 11) is 0. The minimum atomic E-state index is -0.0166. The van der Waals surface area contributed by atoms with E-state index in [0.29, 0.717) is 0 Å². The zero-order valence-electron chi connectivity index (χ0n) is 17.4. The highest BCUT2D eigenvalue weighted by Gasteiger charge is 2.31. The number of amides is 1. The molecule has 2 atom stereocenters. The second kappa shape index (κ2) is 7.72. The van der Waals surface area contributed by atoms with E-state index in [1.54, 1.807) is 0 Å². The van der Waals surface area contributed by atoms with Gasteiger partial charge in [0.15, 0.2) is 5.65 Å². The van der Waals surface area contributed by atoms with Crippen molar-refractivity contribution in [1.82, 2.24) is 19.5 Å². The van der Waals surface area contributed by atoms with Gasteiger partial charge in [0.05, 0.1) is 11.7 Å². The quantitative estimate of drug-likeness (QED) is 0.726. The largest absolute Gasteiger partial charge is 0.355 e. The van der Waals surface area contributed by atoms with Gasteiger partial charge in [-0.25, -0.2) is 9.50 Å². The Kier molecular flexibility index (Phi) is 4.90. The van der Waals surface area contributed by atoms with Crippen LogP contribution < -0.4 is 10.6 Å². The monoisotopic (exact) mass is 404 g/mol. The van der Waals surface area contributed by atoms with Crippen molar-refractivity contribution in [2.24, 2.45) is 5.73 Å². The number of hydrogen-bond acceptors (Lipinski definition) is 5. The maximum absolute atomic E-state index is 13.2. The summed E-state index contributed by atoms with van der Waals surface area (Å²) in [4.78, 5) is 22.3. The van der Waals surface area contributed by atoms with Gasteiger partial charge in [-0.2, -0.15) is 5.10 Å². The van der Waals surface area contributed by atoms with Gasteiger partial charge >= 0.3 is 0 Å². The maximum Gasteiger partial charge on any atom is 0.254 e. The number of benzene rings is 1. The molecule has 5 rings (SSSR count). The van der Waals surface area contributed by atoms with Crippen molar-refractivity contribution in [1.29, 1.82) is 0 Å². The molecule has 0 unspecified atom stereocenters. The topological polar surface area (TPSA) is 79.8 Å². The number of piperidine rings is 1. The van der Waals surface area contributed by atoms with Crippen molar-refractivity contribution >= 4 is 17.4 Å². The summed E-state index contributed by atoms with van der Waals surface area (Å²) in [5.41, 5.74) is 9.66. The summed E-state index contributed by atoms with van der Waals surface area (Å²) in [6.07, 6.45) is 6.08. The molecule has 4 heterocycles. The fourth-order valence-corrected chi connectivity index (χ4v) is 4.71. The number of carbonyl (C=O) groups excluding carboxylic acids is 1. The molecule has 30 heavy (non-hydrogen) atoms. The second-order valence-corrected chi connectivity index (χ2v) is 8.49. The molecule has 0 radical (unpaired) electrons. The zero-order valence-corrected chi connectivity index (χ0v) is 17.4. The standard InChI is InChI=1S/C23H28N6O/c1-16-14-29-21(25-22(16)27-12-10-18(24)15-27)13-19(26-29)20-9-5-6-11-28(20)23(30)17-7-3-2-4-8-17/h2-4,7-8,13-14,18,20H,5-6,9-12,15,24H2,1H3/t18-,20+/m0/s1. The molecule has 2 aliphatic rings. The normalized spacial score (nSPS) is 22.1. The lowest BCUT2D eigenvalue weighted by Gasteiger charge is -2.34. The van der Waals surface area contributed by atoms with Crippen LogP contribution in [0.1, 0.15) is 53.3 Å². The highest BCUT2D eigenvalue weighted by atomic mass is 16.2. The van der Waals surface area contributed by atoms with E-state index >= 15 is 0 Å². The van der Waals surface area contributed by atoms with E-state index < -0.39 is 0 Å². The van der Waals surface area contributed by atoms with Crippen molar-refractivity contribution < 1.29 is 4.79 Å². The molecule has 1 aromatic carbocycles. The first-order valence-electron chi connectivity index (χ1n) is 10.8. The predicted octanol–water partition coefficient (Wildman–Crippen LogP) is 2.94. The van der Waals surface area contributed by atoms with Gasteiger partial charge in [-0.05, 0) is 44.7 Å². The van der Waals surface area contributed by atoms with Crippen LogP contribution in [0.3, 0.4) is 0 Å². The van der Waals surface area contributed by atoms with E-state index in [0.717, 1.165) is 73.6 Å². The fourth-order valence-electron chi connectivity index (χ4n) is 4.71. The van der Waals surface area contributed by atoms with Gasteiger partial charge in [0.2, 0.25) is 0 Å². The lowest BCUT2D eigenvalue weighted by molar-refractivity contribution is 0.0605. The van der Waals surface area contributed by atoms with Crippen LogP contribution in [0.4, 0.5) is 5.82 Å². The number of hydrogen-bond donors (Lipinski definition) is 1. The SMILES string of the molecule is Cc1cn2nc([C@H]3CCCCN3C(=O)c3ccccc3)cc2nc1N1CC[C@H](N)C1. The molecule has 0 aliphatic carbocycles. The van der Waals surface area contributed by atoms with Crippen LogP contribution in [-0.2, 0) is 0 Å². The number of anilines is 1. The van der Waals surface area contributed by atoms with Crippen LogP contribution in [0, 0.1) is 6.92 Å². The Labute approximate surface area is 176 Å². The van der Waals surface area contributed by atoms with Crippen molar-refractivity contribution in [3.8, 4) is 0 Å². The first-order valence-corrected chi connectivity index (χ1v) is 10.8. The molecular weight excluding hydrogens is 376 g/mol. The molecule has 0 bridgehead atoms. The van der Waals surface area contributed by atoms with Crippen molar-refractivity contribution in [2.75, 3.05) is 24.5 Å². The van der Waals surface area contributed by atoms with Gasteiger partial charge < -0.3 is 15.5 Å². The molecule has 156 valence electrons. The van der Waals surface area contributed by atoms with Crippen molar-refractivity contribution in [2.45, 2.75) is 44.7 Å². The molecule has 3 aromatic rings. The van der Waals surface area contributed by atoms with Crippen molar-refractivity contribution in [3.05, 3.63) is 59.4 Å². The second-order valence-electron chi connectivity index (χ2n) is 8.49. The highest BCUT2D eigenvalue weighted by Crippen LogP contribution is 2.32. The Bertz CT molecular complexity index is 1060. The Morgan fingerprint density at radius 2 is 1.97 bits per heavy atom. The van der Waals surface area contributed by atoms with E-state index in [1.807, 2.05) is 52.0 Å². The third-order valence-electron chi connectivity index (χ3n) is 6.27. The Morgan fingerprint density at radius 3 is 2.73 bits per heavy atom. The lowest BCUT2D eigenvalue weighted by Crippen LogP contribution is -2.38. The number of nitrogens with zero attached hydrogens (tertiary/aromatic N) is 5. The molecule has 0 spiro atoms. The number of carbonyl (C=O) groups is 1. The summed E-state index contributed by atoms with van der Waals surface area (Å²) < 4.78 is 1.85. The third-order valence-corrected chi connectivity index (χ3v) is 6.27. The van der Waals surface area contributed by atoms with E-state index in [-0.39, 0.29) is 18.0 Å². The van der Waals surface area contributed by atoms with Crippen LogP contribution in [0.2, 0.25) is 0 Å². The zero-order chi connectivity index (χ0) is 20.7. The lowest BCUT2D eigenvalue weighted by atomic mass is 9.98. The fraction of sp³-hybridized carbons (Fsp3) is 0.435. The number of aryl methyl sites for hydroxylation is 1. The van der Waals surface area contributed by atoms with Gasteiger partial charge in [0, 0.05) is 49.1 Å². The average molecular weight is 405 g/mol. The van der Waals surface area contributed by atoms with Crippen LogP contribution in [0.5, 0.6) is 0 Å². The molecule has 2 aliphatic heterocycles. The summed E-state index contributed by atoms with van der Waals surface area (Å²) in [5, 5.41) is 4.82. The van der Waals surface area contributed by atoms with Crippen LogP contribution in [0.15, 0.2) is 42.6 Å². The summed E-state index contributed by atoms with van der Waals surface area (Å²) in [5.74, 6) is 1.07. The number of fused-ring (bicyclic) bond motifs is 1. The molecule has 0 saturated carbocycles. The predicted molar refractivity (Wildman–Crippen MR) is 117 cm³/mol. The van der Waals surface area contributed by atoms with Gasteiger partial charge in [-0.15, -0.1) is 0 Å². The minimum Gasteiger partial charge on any atom is -0.355 e. The Hall–Kier alpha value is -2.93. The minimum absolute atomic E-state index is 0.0166. The number of likely N-dealkylation sites (tertiary alicyclic amines) is 1. The summed E-state index contributed by atoms with van der Waals surface area (Å²) in [6.45, 7) is 4.61. The van der Waals surface area contributed by atoms with Crippen LogP contribution in [0.25, 0.3) is 5.65 Å². The molecule has 2 N–H and O–H groups in total. The maximum atomic E-state index is 13.2. The number of nitrogens with two attached hydrogens (primary N) is 1. The molecule has 7 nitrogen and oxygen atoms in total. The summed E-state index contributed by atoms with van der Waals surface area (Å²) in [6, 6.07) is 11.8. The molecule has 7 heteroatoms. The smallest absolute Gasteiger partial charge is 0.254 e. The van der Waals surface area contributed by atoms with E-state index in [1.165, 1.54) is 0 Å². The first kappa shape index (κ1) is 19.1. The van der Waals surface area contributed by atoms with Crippen molar-refractivity contribution in [3.63, 3.8) is 0 Å². The van der Waals surface area contributed by atoms with Gasteiger partial charge in [0.25, 0.3) is 5.91 Å². The Morgan fingerprint density at radius 1 is 1.13 bits per heavy atom. The van der Waals surface area contributed by atoms with Gasteiger partial charge in [-0.3, -0.25) is 4.79 Å². The Balaban J connectivity index is 1.47. The van der Waals surface area contributed by atoms with E-state index in [2.05, 4.69) is 11.8 Å². The van der Waals surface area contributed by atoms with Gasteiger partial charge in [0.1, 0.15) is 5.82 Å². The van der Waals surface area contributed by atoms with Crippen LogP contribution in [-0.4, -0.2) is 51.1 Å².